The number of nitrogens with one attached hydrogen (secondary N) is 2. The molecule has 0 aromatic heterocycles. The number of nitro benzene ring substituents is 1. The summed E-state index contributed by atoms with van der Waals surface area (Å²) in [5.74, 6) is -9.25. The van der Waals surface area contributed by atoms with E-state index in [0.29, 0.717) is 0 Å². The summed E-state index contributed by atoms with van der Waals surface area (Å²) in [5.41, 5.74) is -1.02. The molecular formula is C16H10F4IN3O5. The molecule has 2 amide bonds. The third kappa shape index (κ3) is 5.30. The van der Waals surface area contributed by atoms with Gasteiger partial charge in [-0.15, -0.1) is 0 Å². The van der Waals surface area contributed by atoms with E-state index in [0.717, 1.165) is 22.6 Å². The maximum absolute atomic E-state index is 13.7. The number of carbonyl (C=O) groups is 2. The van der Waals surface area contributed by atoms with Crippen molar-refractivity contribution >= 4 is 46.0 Å². The highest BCUT2D eigenvalue weighted by Crippen LogP contribution is 2.26. The molecule has 0 atom stereocenters. The minimum atomic E-state index is -2.14. The van der Waals surface area contributed by atoms with E-state index in [9.17, 15) is 37.3 Å². The van der Waals surface area contributed by atoms with Crippen molar-refractivity contribution in [2.45, 2.75) is 0 Å². The molecule has 13 heteroatoms. The first-order valence-electron chi connectivity index (χ1n) is 7.61. The van der Waals surface area contributed by atoms with E-state index in [4.69, 9.17) is 0 Å². The van der Waals surface area contributed by atoms with E-state index >= 15 is 0 Å². The molecule has 0 radical (unpaired) electrons. The summed E-state index contributed by atoms with van der Waals surface area (Å²) in [7, 11) is 0. The number of rotatable bonds is 6. The predicted octanol–water partition coefficient (Wildman–Crippen LogP) is 3.73. The van der Waals surface area contributed by atoms with Crippen LogP contribution in [0.5, 0.6) is 0 Å². The highest BCUT2D eigenvalue weighted by atomic mass is 127. The number of benzene rings is 2. The van der Waals surface area contributed by atoms with E-state index in [1.54, 1.807) is 0 Å². The summed E-state index contributed by atoms with van der Waals surface area (Å²) in [6.45, 7) is -0.739. The number of esters is 1. The molecule has 0 aliphatic heterocycles. The molecule has 0 saturated carbocycles. The molecule has 8 nitrogen and oxygen atoms in total. The van der Waals surface area contributed by atoms with Crippen molar-refractivity contribution < 1.29 is 36.8 Å². The van der Waals surface area contributed by atoms with E-state index < -0.39 is 55.9 Å². The molecule has 0 saturated heterocycles. The number of ether oxygens (including phenoxy) is 1. The van der Waals surface area contributed by atoms with Crippen molar-refractivity contribution in [3.8, 4) is 0 Å². The van der Waals surface area contributed by atoms with Gasteiger partial charge in [0.05, 0.1) is 15.0 Å². The number of carbonyl (C=O) groups excluding carboxylic acids is 2. The minimum Gasteiger partial charge on any atom is -0.460 e. The maximum Gasteiger partial charge on any atom is 0.342 e. The first-order valence-corrected chi connectivity index (χ1v) is 8.69. The lowest BCUT2D eigenvalue weighted by molar-refractivity contribution is -0.384. The van der Waals surface area contributed by atoms with Gasteiger partial charge in [-0.3, -0.25) is 10.1 Å². The molecule has 0 spiro atoms. The highest BCUT2D eigenvalue weighted by Gasteiger charge is 2.28. The summed E-state index contributed by atoms with van der Waals surface area (Å²) >= 11 is 1.13. The molecule has 2 N–H and O–H groups in total. The van der Waals surface area contributed by atoms with Crippen molar-refractivity contribution in [3.63, 3.8) is 0 Å². The summed E-state index contributed by atoms with van der Waals surface area (Å²) in [6, 6.07) is 4.19. The average molecular weight is 527 g/mol. The average Bonchev–Trinajstić information content (AvgIpc) is 2.68. The fourth-order valence-corrected chi connectivity index (χ4v) is 2.70. The molecule has 0 fully saturated rings. The van der Waals surface area contributed by atoms with Crippen LogP contribution in [0.4, 0.5) is 33.7 Å². The topological polar surface area (TPSA) is 111 Å². The molecule has 0 bridgehead atoms. The van der Waals surface area contributed by atoms with Gasteiger partial charge >= 0.3 is 12.0 Å². The van der Waals surface area contributed by atoms with Crippen molar-refractivity contribution in [2.75, 3.05) is 18.5 Å². The van der Waals surface area contributed by atoms with Crippen molar-refractivity contribution in [1.29, 1.82) is 0 Å². The Morgan fingerprint density at radius 3 is 2.21 bits per heavy atom. The quantitative estimate of drug-likeness (QED) is 0.0870. The third-order valence-corrected chi connectivity index (χ3v) is 4.38. The normalized spacial score (nSPS) is 10.4. The van der Waals surface area contributed by atoms with Gasteiger partial charge in [-0.05, 0) is 34.7 Å². The van der Waals surface area contributed by atoms with Crippen LogP contribution in [0, 0.1) is 37.0 Å². The Labute approximate surface area is 173 Å². The van der Waals surface area contributed by atoms with Crippen molar-refractivity contribution in [3.05, 3.63) is 66.8 Å². The first-order chi connectivity index (χ1) is 13.6. The van der Waals surface area contributed by atoms with Crippen LogP contribution >= 0.6 is 22.6 Å². The second kappa shape index (κ2) is 9.49. The van der Waals surface area contributed by atoms with Gasteiger partial charge in [0.15, 0.2) is 23.3 Å². The lowest BCUT2D eigenvalue weighted by Gasteiger charge is -2.10. The SMILES string of the molecule is O=C(NCCOC(=O)c1c(F)c(F)c(F)c(F)c1I)Nc1ccc([N+](=O)[O-])cc1. The number of non-ortho nitro benzene ring substituents is 1. The molecule has 2 aromatic rings. The number of anilines is 1. The van der Waals surface area contributed by atoms with Crippen LogP contribution in [0.2, 0.25) is 0 Å². The van der Waals surface area contributed by atoms with E-state index in [1.807, 2.05) is 0 Å². The smallest absolute Gasteiger partial charge is 0.342 e. The number of hydrogen-bond donors (Lipinski definition) is 2. The van der Waals surface area contributed by atoms with Gasteiger partial charge in [-0.1, -0.05) is 0 Å². The molecule has 0 unspecified atom stereocenters. The van der Waals surface area contributed by atoms with Gasteiger partial charge < -0.3 is 15.4 Å². The van der Waals surface area contributed by atoms with Crippen LogP contribution < -0.4 is 10.6 Å². The number of urea groups is 1. The summed E-state index contributed by atoms with van der Waals surface area (Å²) < 4.78 is 57.4. The van der Waals surface area contributed by atoms with Gasteiger partial charge in [0.25, 0.3) is 5.69 Å². The van der Waals surface area contributed by atoms with Crippen LogP contribution in [0.3, 0.4) is 0 Å². The largest absolute Gasteiger partial charge is 0.460 e. The van der Waals surface area contributed by atoms with E-state index in [-0.39, 0.29) is 17.9 Å². The predicted molar refractivity (Wildman–Crippen MR) is 99.4 cm³/mol. The Kier molecular flexibility index (Phi) is 7.30. The van der Waals surface area contributed by atoms with Gasteiger partial charge in [-0.25, -0.2) is 27.2 Å². The van der Waals surface area contributed by atoms with E-state index in [1.165, 1.54) is 24.3 Å². The number of halogens is 5. The van der Waals surface area contributed by atoms with Crippen molar-refractivity contribution in [1.82, 2.24) is 5.32 Å². The zero-order chi connectivity index (χ0) is 21.7. The minimum absolute atomic E-state index is 0.168. The Bertz CT molecular complexity index is 943. The Hall–Kier alpha value is -2.97. The van der Waals surface area contributed by atoms with E-state index in [2.05, 4.69) is 15.4 Å². The second-order valence-electron chi connectivity index (χ2n) is 5.27. The van der Waals surface area contributed by atoms with Crippen LogP contribution in [0.25, 0.3) is 0 Å². The molecular weight excluding hydrogens is 517 g/mol. The lowest BCUT2D eigenvalue weighted by Crippen LogP contribution is -2.32. The van der Waals surface area contributed by atoms with Crippen LogP contribution in [0.1, 0.15) is 10.4 Å². The highest BCUT2D eigenvalue weighted by molar-refractivity contribution is 14.1. The fraction of sp³-hybridized carbons (Fsp3) is 0.125. The summed E-state index contributed by atoms with van der Waals surface area (Å²) in [5, 5.41) is 15.2. The molecule has 0 aliphatic carbocycles. The van der Waals surface area contributed by atoms with Crippen LogP contribution in [0.15, 0.2) is 24.3 Å². The Morgan fingerprint density at radius 2 is 1.62 bits per heavy atom. The van der Waals surface area contributed by atoms with Gasteiger partial charge in [0, 0.05) is 17.8 Å². The number of amides is 2. The Balaban J connectivity index is 1.87. The molecule has 29 heavy (non-hydrogen) atoms. The zero-order valence-electron chi connectivity index (χ0n) is 14.1. The summed E-state index contributed by atoms with van der Waals surface area (Å²) in [6.07, 6.45) is 0. The standard InChI is InChI=1S/C16H10F4IN3O5/c17-10-9(14(21)13(20)12(19)11(10)18)15(25)29-6-5-22-16(26)23-7-1-3-8(4-2-7)24(27)28/h1-4H,5-6H2,(H2,22,23,26). The molecule has 0 heterocycles. The van der Waals surface area contributed by atoms with Crippen LogP contribution in [-0.4, -0.2) is 30.1 Å². The lowest BCUT2D eigenvalue weighted by atomic mass is 10.2. The van der Waals surface area contributed by atoms with Gasteiger partial charge in [0.1, 0.15) is 12.2 Å². The second-order valence-corrected chi connectivity index (χ2v) is 6.34. The molecule has 154 valence electrons. The fourth-order valence-electron chi connectivity index (χ4n) is 2.01. The number of nitro groups is 1. The number of hydrogen-bond acceptors (Lipinski definition) is 5. The third-order valence-electron chi connectivity index (χ3n) is 3.37. The summed E-state index contributed by atoms with van der Waals surface area (Å²) in [4.78, 5) is 33.4. The van der Waals surface area contributed by atoms with Crippen LogP contribution in [-0.2, 0) is 4.74 Å². The molecule has 2 aromatic carbocycles. The zero-order valence-corrected chi connectivity index (χ0v) is 16.3. The Morgan fingerprint density at radius 1 is 1.03 bits per heavy atom. The maximum atomic E-state index is 13.7. The monoisotopic (exact) mass is 527 g/mol. The number of nitrogens with zero attached hydrogens (tertiary/aromatic N) is 1. The van der Waals surface area contributed by atoms with Crippen molar-refractivity contribution in [2.24, 2.45) is 0 Å². The molecule has 0 aliphatic rings. The van der Waals surface area contributed by atoms with Gasteiger partial charge in [-0.2, -0.15) is 0 Å². The van der Waals surface area contributed by atoms with Gasteiger partial charge in [0.2, 0.25) is 0 Å². The first kappa shape index (κ1) is 22.3. The molecule has 2 rings (SSSR count).